The molecule has 48 heavy (non-hydrogen) atoms. The van der Waals surface area contributed by atoms with Crippen LogP contribution in [-0.4, -0.2) is 60.0 Å². The molecule has 0 bridgehead atoms. The van der Waals surface area contributed by atoms with Crippen molar-refractivity contribution in [1.29, 1.82) is 0 Å². The Morgan fingerprint density at radius 1 is 1.10 bits per heavy atom. The zero-order valence-electron chi connectivity index (χ0n) is 27.2. The highest BCUT2D eigenvalue weighted by Crippen LogP contribution is 2.35. The molecule has 0 radical (unpaired) electrons. The number of hydrogen-bond donors (Lipinski definition) is 3. The number of halogens is 5. The highest BCUT2D eigenvalue weighted by molar-refractivity contribution is 6.08. The molecule has 0 spiro atoms. The highest BCUT2D eigenvalue weighted by Gasteiger charge is 2.51. The van der Waals surface area contributed by atoms with Crippen LogP contribution in [0.2, 0.25) is 0 Å². The van der Waals surface area contributed by atoms with Crippen LogP contribution >= 0.6 is 0 Å². The van der Waals surface area contributed by atoms with Gasteiger partial charge in [0.2, 0.25) is 6.41 Å². The highest BCUT2D eigenvalue weighted by atomic mass is 19.4. The number of alkyl halides is 3. The van der Waals surface area contributed by atoms with E-state index in [1.807, 2.05) is 0 Å². The number of ether oxygens (including phenoxy) is 1. The van der Waals surface area contributed by atoms with Crippen molar-refractivity contribution in [2.45, 2.75) is 58.4 Å². The van der Waals surface area contributed by atoms with E-state index < -0.39 is 59.3 Å². The molecule has 0 aromatic heterocycles. The van der Waals surface area contributed by atoms with Gasteiger partial charge in [0, 0.05) is 29.1 Å². The number of hydrogen-bond acceptors (Lipinski definition) is 7. The van der Waals surface area contributed by atoms with Gasteiger partial charge in [0.25, 0.3) is 5.91 Å². The van der Waals surface area contributed by atoms with Gasteiger partial charge >= 0.3 is 18.2 Å². The second-order valence-electron chi connectivity index (χ2n) is 10.9. The lowest BCUT2D eigenvalue weighted by atomic mass is 10.0. The molecule has 3 rings (SSSR count). The van der Waals surface area contributed by atoms with Crippen molar-refractivity contribution >= 4 is 35.7 Å². The van der Waals surface area contributed by atoms with Gasteiger partial charge in [-0.25, -0.2) is 23.3 Å². The van der Waals surface area contributed by atoms with E-state index in [4.69, 9.17) is 9.53 Å². The molecule has 1 saturated heterocycles. The van der Waals surface area contributed by atoms with Crippen LogP contribution in [0.5, 0.6) is 0 Å². The minimum Gasteiger partial charge on any atom is -0.468 e. The van der Waals surface area contributed by atoms with Gasteiger partial charge in [-0.05, 0) is 82.3 Å². The predicted molar refractivity (Wildman–Crippen MR) is 169 cm³/mol. The fraction of sp³-hybridized carbons (Fsp3) is 0.333. The molecule has 4 amide bonds. The van der Waals surface area contributed by atoms with Crippen LogP contribution in [-0.2, 0) is 25.7 Å². The Balaban J connectivity index is 0.00000257. The van der Waals surface area contributed by atoms with E-state index in [2.05, 4.69) is 16.4 Å². The number of carbonyl (C=O) groups excluding carboxylic acids is 4. The lowest BCUT2D eigenvalue weighted by Gasteiger charge is -2.28. The fourth-order valence-corrected chi connectivity index (χ4v) is 4.73. The first kappa shape index (κ1) is 39.1. The zero-order chi connectivity index (χ0) is 36.4. The smallest absolute Gasteiger partial charge is 0.412 e. The molecule has 1 aliphatic rings. The van der Waals surface area contributed by atoms with Gasteiger partial charge in [0.1, 0.15) is 23.2 Å². The Bertz CT molecular complexity index is 1590. The molecule has 2 aromatic carbocycles. The van der Waals surface area contributed by atoms with Crippen LogP contribution < -0.4 is 16.4 Å². The Labute approximate surface area is 275 Å². The molecule has 260 valence electrons. The van der Waals surface area contributed by atoms with Crippen LogP contribution in [0.25, 0.3) is 0 Å². The average Bonchev–Trinajstić information content (AvgIpc) is 3.19. The Morgan fingerprint density at radius 2 is 1.71 bits per heavy atom. The Morgan fingerprint density at radius 3 is 2.23 bits per heavy atom. The number of nitrogens with two attached hydrogens (primary N) is 1. The number of primary amides is 1. The van der Waals surface area contributed by atoms with Crippen LogP contribution in [0, 0.1) is 5.82 Å². The Kier molecular flexibility index (Phi) is 13.6. The van der Waals surface area contributed by atoms with Gasteiger partial charge in [0.15, 0.2) is 0 Å². The molecule has 1 aliphatic heterocycles. The second kappa shape index (κ2) is 16.7. The average molecular weight is 680 g/mol. The molecule has 15 heteroatoms. The third kappa shape index (κ3) is 9.50. The van der Waals surface area contributed by atoms with E-state index in [-0.39, 0.29) is 18.7 Å². The van der Waals surface area contributed by atoms with Gasteiger partial charge in [-0.2, -0.15) is 13.2 Å². The molecule has 0 saturated carbocycles. The molecular formula is C33H38F5N5O5. The van der Waals surface area contributed by atoms with Crippen LogP contribution in [0.15, 0.2) is 77.8 Å². The molecule has 1 fully saturated rings. The van der Waals surface area contributed by atoms with Gasteiger partial charge in [0.05, 0.1) is 13.7 Å². The van der Waals surface area contributed by atoms with Crippen molar-refractivity contribution in [1.82, 2.24) is 15.1 Å². The minimum absolute atomic E-state index is 0.00846. The van der Waals surface area contributed by atoms with Crippen molar-refractivity contribution < 1.29 is 45.9 Å². The number of carbonyl (C=O) groups is 4. The minimum atomic E-state index is -4.69. The topological polar surface area (TPSA) is 134 Å². The van der Waals surface area contributed by atoms with E-state index in [1.54, 1.807) is 31.3 Å². The molecule has 1 atom stereocenters. The molecule has 4 N–H and O–H groups in total. The molecule has 1 heterocycles. The van der Waals surface area contributed by atoms with Gasteiger partial charge in [-0.1, -0.05) is 24.3 Å². The quantitative estimate of drug-likeness (QED) is 0.0634. The number of nitrogens with one attached hydrogen (secondary N) is 2. The van der Waals surface area contributed by atoms with Crippen LogP contribution in [0.4, 0.5) is 38.1 Å². The lowest BCUT2D eigenvalue weighted by Crippen LogP contribution is -2.43. The SMILES string of the molecule is C/C=C(\C/C(F)=C\C=C(/C)N1C(=O)N(Cc2ccc(F)cc2Nc2ccc(C(NC)C(=O)OC)cc2)C(C)(C)C1=O)C(F)(F)F.NC=O. The van der Waals surface area contributed by atoms with E-state index in [1.165, 1.54) is 51.0 Å². The van der Waals surface area contributed by atoms with E-state index in [9.17, 15) is 36.3 Å². The van der Waals surface area contributed by atoms with E-state index in [0.29, 0.717) is 22.5 Å². The summed E-state index contributed by atoms with van der Waals surface area (Å²) < 4.78 is 72.4. The number of rotatable bonds is 11. The largest absolute Gasteiger partial charge is 0.468 e. The monoisotopic (exact) mass is 679 g/mol. The first-order valence-corrected chi connectivity index (χ1v) is 14.4. The van der Waals surface area contributed by atoms with Crippen molar-refractivity contribution in [3.05, 3.63) is 94.7 Å². The summed E-state index contributed by atoms with van der Waals surface area (Å²) in [6.45, 7) is 5.44. The first-order valence-electron chi connectivity index (χ1n) is 14.4. The number of methoxy groups -OCH3 is 1. The summed E-state index contributed by atoms with van der Waals surface area (Å²) >= 11 is 0. The van der Waals surface area contributed by atoms with Gasteiger partial charge in [-0.3, -0.25) is 9.59 Å². The van der Waals surface area contributed by atoms with Gasteiger partial charge in [-0.15, -0.1) is 0 Å². The summed E-state index contributed by atoms with van der Waals surface area (Å²) in [4.78, 5) is 49.5. The van der Waals surface area contributed by atoms with Crippen molar-refractivity contribution in [3.8, 4) is 0 Å². The fourth-order valence-electron chi connectivity index (χ4n) is 4.73. The number of nitrogens with zero attached hydrogens (tertiary/aromatic N) is 2. The summed E-state index contributed by atoms with van der Waals surface area (Å²) in [5, 5.41) is 5.98. The number of imide groups is 1. The summed E-state index contributed by atoms with van der Waals surface area (Å²) in [7, 11) is 2.90. The maximum absolute atomic E-state index is 14.3. The standard InChI is InChI=1S/C32H35F5N4O4.CH3NO/c1-7-22(32(35,36)37)16-23(33)12-8-19(2)41-29(43)31(3,4)40(30(41)44)18-21-9-13-24(34)17-26(21)39-25-14-10-20(11-15-25)27(38-5)28(42)45-6;2-1-3/h7-15,17,27,38-39H,16,18H2,1-6H3;1H,(H2,2,3)/b19-8+,22-7+,23-12+;. The molecular weight excluding hydrogens is 641 g/mol. The molecule has 2 aromatic rings. The maximum Gasteiger partial charge on any atom is 0.412 e. The van der Waals surface area contributed by atoms with Crippen molar-refractivity contribution in [2.24, 2.45) is 5.73 Å². The lowest BCUT2D eigenvalue weighted by molar-refractivity contribution is -0.143. The number of urea groups is 1. The zero-order valence-corrected chi connectivity index (χ0v) is 27.2. The number of allylic oxidation sites excluding steroid dienone is 6. The number of benzene rings is 2. The third-order valence-corrected chi connectivity index (χ3v) is 7.40. The second-order valence-corrected chi connectivity index (χ2v) is 10.9. The van der Waals surface area contributed by atoms with Crippen molar-refractivity contribution in [2.75, 3.05) is 19.5 Å². The molecule has 1 unspecified atom stereocenters. The van der Waals surface area contributed by atoms with Crippen molar-refractivity contribution in [3.63, 3.8) is 0 Å². The number of amides is 4. The van der Waals surface area contributed by atoms with E-state index in [0.717, 1.165) is 30.1 Å². The number of esters is 1. The normalized spacial score (nSPS) is 15.9. The third-order valence-electron chi connectivity index (χ3n) is 7.40. The Hall–Kier alpha value is -5.05. The summed E-state index contributed by atoms with van der Waals surface area (Å²) in [6, 6.07) is 9.24. The van der Waals surface area contributed by atoms with Crippen LogP contribution in [0.3, 0.4) is 0 Å². The molecule has 0 aliphatic carbocycles. The summed E-state index contributed by atoms with van der Waals surface area (Å²) in [5.41, 5.74) is 3.72. The summed E-state index contributed by atoms with van der Waals surface area (Å²) in [5.74, 6) is -2.75. The number of anilines is 2. The number of likely N-dealkylation sites (N-methyl/N-ethyl adjacent to an activating group) is 1. The van der Waals surface area contributed by atoms with Gasteiger partial charge < -0.3 is 26.0 Å². The maximum atomic E-state index is 14.3. The predicted octanol–water partition coefficient (Wildman–Crippen LogP) is 6.30. The summed E-state index contributed by atoms with van der Waals surface area (Å²) in [6.07, 6.45) is -2.80. The molecule has 10 nitrogen and oxygen atoms in total. The van der Waals surface area contributed by atoms with E-state index >= 15 is 0 Å². The van der Waals surface area contributed by atoms with Crippen LogP contribution in [0.1, 0.15) is 51.3 Å². The first-order chi connectivity index (χ1) is 22.5.